The molecule has 4 nitrogen and oxygen atoms in total. The van der Waals surface area contributed by atoms with Crippen LogP contribution in [-0.4, -0.2) is 22.2 Å². The Morgan fingerprint density at radius 1 is 1.20 bits per heavy atom. The van der Waals surface area contributed by atoms with E-state index in [0.717, 1.165) is 5.56 Å². The Balaban J connectivity index is 2.49. The normalized spacial score (nSPS) is 9.93. The molecule has 0 aliphatic rings. The molecule has 4 heteroatoms. The van der Waals surface area contributed by atoms with Gasteiger partial charge in [0.25, 0.3) is 0 Å². The van der Waals surface area contributed by atoms with Gasteiger partial charge in [-0.3, -0.25) is 4.98 Å². The van der Waals surface area contributed by atoms with Crippen molar-refractivity contribution in [1.29, 1.82) is 0 Å². The fraction of sp³-hybridized carbons (Fsp3) is 0.0909. The van der Waals surface area contributed by atoms with Gasteiger partial charge >= 0.3 is 0 Å². The van der Waals surface area contributed by atoms with Crippen molar-refractivity contribution >= 4 is 0 Å². The van der Waals surface area contributed by atoms with E-state index in [1.165, 1.54) is 0 Å². The third kappa shape index (κ3) is 1.88. The largest absolute Gasteiger partial charge is 0.506 e. The molecule has 0 aromatic carbocycles. The minimum Gasteiger partial charge on any atom is -0.506 e. The maximum Gasteiger partial charge on any atom is 0.213 e. The molecule has 0 atom stereocenters. The molecule has 0 bridgehead atoms. The second kappa shape index (κ2) is 3.96. The molecule has 2 heterocycles. The van der Waals surface area contributed by atoms with Crippen LogP contribution in [0.3, 0.4) is 0 Å². The molecule has 0 unspecified atom stereocenters. The summed E-state index contributed by atoms with van der Waals surface area (Å²) >= 11 is 0. The Morgan fingerprint density at radius 3 is 2.80 bits per heavy atom. The standard InChI is InChI=1S/C11H10N2O2/c1-15-10-7-8(4-6-12-10)11-9(14)3-2-5-13-11/h2-7,14H,1H3. The minimum atomic E-state index is 0.144. The van der Waals surface area contributed by atoms with Gasteiger partial charge in [0.1, 0.15) is 11.4 Å². The average Bonchev–Trinajstić information content (AvgIpc) is 2.30. The van der Waals surface area contributed by atoms with Crippen molar-refractivity contribution in [3.63, 3.8) is 0 Å². The Bertz CT molecular complexity index is 472. The van der Waals surface area contributed by atoms with Gasteiger partial charge in [0, 0.05) is 24.0 Å². The summed E-state index contributed by atoms with van der Waals surface area (Å²) in [7, 11) is 1.55. The van der Waals surface area contributed by atoms with Gasteiger partial charge < -0.3 is 9.84 Å². The molecule has 0 saturated carbocycles. The lowest BCUT2D eigenvalue weighted by atomic mass is 10.1. The third-order valence-electron chi connectivity index (χ3n) is 2.00. The van der Waals surface area contributed by atoms with Crippen LogP contribution in [0, 0.1) is 0 Å². The van der Waals surface area contributed by atoms with Crippen LogP contribution in [0.15, 0.2) is 36.7 Å². The van der Waals surface area contributed by atoms with Crippen molar-refractivity contribution in [2.45, 2.75) is 0 Å². The average molecular weight is 202 g/mol. The fourth-order valence-corrected chi connectivity index (χ4v) is 1.29. The van der Waals surface area contributed by atoms with Gasteiger partial charge in [-0.2, -0.15) is 0 Å². The number of rotatable bonds is 2. The Hall–Kier alpha value is -2.10. The van der Waals surface area contributed by atoms with Gasteiger partial charge in [-0.05, 0) is 18.2 Å². The molecule has 1 N–H and O–H groups in total. The molecule has 0 fully saturated rings. The van der Waals surface area contributed by atoms with E-state index in [0.29, 0.717) is 11.6 Å². The second-order valence-electron chi connectivity index (χ2n) is 2.96. The SMILES string of the molecule is COc1cc(-c2ncccc2O)ccn1. The highest BCUT2D eigenvalue weighted by Gasteiger charge is 2.05. The molecule has 0 radical (unpaired) electrons. The monoisotopic (exact) mass is 202 g/mol. The smallest absolute Gasteiger partial charge is 0.213 e. The lowest BCUT2D eigenvalue weighted by Crippen LogP contribution is -1.89. The highest BCUT2D eigenvalue weighted by Crippen LogP contribution is 2.27. The fourth-order valence-electron chi connectivity index (χ4n) is 1.29. The first-order valence-electron chi connectivity index (χ1n) is 4.45. The summed E-state index contributed by atoms with van der Waals surface area (Å²) in [6.07, 6.45) is 3.24. The van der Waals surface area contributed by atoms with Crippen LogP contribution >= 0.6 is 0 Å². The summed E-state index contributed by atoms with van der Waals surface area (Å²) in [6.45, 7) is 0. The van der Waals surface area contributed by atoms with E-state index in [9.17, 15) is 5.11 Å². The van der Waals surface area contributed by atoms with Crippen molar-refractivity contribution < 1.29 is 9.84 Å². The van der Waals surface area contributed by atoms with E-state index in [1.807, 2.05) is 0 Å². The first-order chi connectivity index (χ1) is 7.31. The van der Waals surface area contributed by atoms with Crippen LogP contribution in [-0.2, 0) is 0 Å². The van der Waals surface area contributed by atoms with E-state index in [2.05, 4.69) is 9.97 Å². The summed E-state index contributed by atoms with van der Waals surface area (Å²) in [6, 6.07) is 6.76. The topological polar surface area (TPSA) is 55.2 Å². The van der Waals surface area contributed by atoms with E-state index >= 15 is 0 Å². The quantitative estimate of drug-likeness (QED) is 0.807. The van der Waals surface area contributed by atoms with Crippen LogP contribution in [0.2, 0.25) is 0 Å². The Kier molecular flexibility index (Phi) is 2.49. The van der Waals surface area contributed by atoms with Crippen LogP contribution in [0.1, 0.15) is 0 Å². The Labute approximate surface area is 87.2 Å². The number of nitrogens with zero attached hydrogens (tertiary/aromatic N) is 2. The van der Waals surface area contributed by atoms with Crippen LogP contribution < -0.4 is 4.74 Å². The van der Waals surface area contributed by atoms with Crippen LogP contribution in [0.5, 0.6) is 11.6 Å². The zero-order chi connectivity index (χ0) is 10.7. The summed E-state index contributed by atoms with van der Waals surface area (Å²) < 4.78 is 5.00. The molecular formula is C11H10N2O2. The highest BCUT2D eigenvalue weighted by molar-refractivity contribution is 5.65. The van der Waals surface area contributed by atoms with Crippen molar-refractivity contribution in [2.75, 3.05) is 7.11 Å². The number of methoxy groups -OCH3 is 1. The lowest BCUT2D eigenvalue weighted by molar-refractivity contribution is 0.398. The van der Waals surface area contributed by atoms with Gasteiger partial charge in [-0.1, -0.05) is 0 Å². The summed E-state index contributed by atoms with van der Waals surface area (Å²) in [5.74, 6) is 0.642. The summed E-state index contributed by atoms with van der Waals surface area (Å²) in [4.78, 5) is 8.07. The lowest BCUT2D eigenvalue weighted by Gasteiger charge is -2.04. The van der Waals surface area contributed by atoms with Gasteiger partial charge in [0.15, 0.2) is 0 Å². The zero-order valence-electron chi connectivity index (χ0n) is 8.21. The predicted octanol–water partition coefficient (Wildman–Crippen LogP) is 1.86. The summed E-state index contributed by atoms with van der Waals surface area (Å²) in [5, 5.41) is 9.60. The molecule has 0 aliphatic heterocycles. The van der Waals surface area contributed by atoms with E-state index in [-0.39, 0.29) is 5.75 Å². The van der Waals surface area contributed by atoms with Gasteiger partial charge in [0.2, 0.25) is 5.88 Å². The van der Waals surface area contributed by atoms with Crippen molar-refractivity contribution in [1.82, 2.24) is 9.97 Å². The molecule has 0 saturated heterocycles. The van der Waals surface area contributed by atoms with Crippen molar-refractivity contribution in [3.8, 4) is 22.9 Å². The molecular weight excluding hydrogens is 192 g/mol. The molecule has 76 valence electrons. The number of hydrogen-bond acceptors (Lipinski definition) is 4. The zero-order valence-corrected chi connectivity index (χ0v) is 8.21. The third-order valence-corrected chi connectivity index (χ3v) is 2.00. The maximum atomic E-state index is 9.60. The molecule has 0 aliphatic carbocycles. The van der Waals surface area contributed by atoms with Gasteiger partial charge in [-0.15, -0.1) is 0 Å². The van der Waals surface area contributed by atoms with E-state index in [4.69, 9.17) is 4.74 Å². The number of aromatic hydroxyl groups is 1. The molecule has 2 rings (SSSR count). The van der Waals surface area contributed by atoms with Crippen molar-refractivity contribution in [2.24, 2.45) is 0 Å². The number of ether oxygens (including phenoxy) is 1. The van der Waals surface area contributed by atoms with Crippen LogP contribution in [0.25, 0.3) is 11.3 Å². The maximum absolute atomic E-state index is 9.60. The Morgan fingerprint density at radius 2 is 2.07 bits per heavy atom. The van der Waals surface area contributed by atoms with Crippen LogP contribution in [0.4, 0.5) is 0 Å². The van der Waals surface area contributed by atoms with E-state index < -0.39 is 0 Å². The second-order valence-corrected chi connectivity index (χ2v) is 2.96. The van der Waals surface area contributed by atoms with Crippen molar-refractivity contribution in [3.05, 3.63) is 36.7 Å². The number of aromatic nitrogens is 2. The molecule has 0 spiro atoms. The number of pyridine rings is 2. The van der Waals surface area contributed by atoms with E-state index in [1.54, 1.807) is 43.8 Å². The van der Waals surface area contributed by atoms with Gasteiger partial charge in [-0.25, -0.2) is 4.98 Å². The minimum absolute atomic E-state index is 0.144. The van der Waals surface area contributed by atoms with Gasteiger partial charge in [0.05, 0.1) is 7.11 Å². The molecule has 0 amide bonds. The molecule has 15 heavy (non-hydrogen) atoms. The first kappa shape index (κ1) is 9.45. The predicted molar refractivity (Wildman–Crippen MR) is 55.7 cm³/mol. The highest BCUT2D eigenvalue weighted by atomic mass is 16.5. The summed E-state index contributed by atoms with van der Waals surface area (Å²) in [5.41, 5.74) is 1.30. The molecule has 2 aromatic rings. The number of hydrogen-bond donors (Lipinski definition) is 1. The first-order valence-corrected chi connectivity index (χ1v) is 4.45. The molecule has 2 aromatic heterocycles.